The number of morpholine rings is 1. The van der Waals surface area contributed by atoms with Crippen LogP contribution in [0.3, 0.4) is 0 Å². The highest BCUT2D eigenvalue weighted by atomic mass is 32.2. The van der Waals surface area contributed by atoms with Crippen molar-refractivity contribution in [2.45, 2.75) is 38.9 Å². The summed E-state index contributed by atoms with van der Waals surface area (Å²) in [6.45, 7) is 4.07. The van der Waals surface area contributed by atoms with Gasteiger partial charge in [0.1, 0.15) is 11.6 Å². The number of nitrogens with zero attached hydrogens (tertiary/aromatic N) is 4. The van der Waals surface area contributed by atoms with E-state index in [1.54, 1.807) is 34.7 Å². The zero-order chi connectivity index (χ0) is 24.4. The van der Waals surface area contributed by atoms with Crippen molar-refractivity contribution in [2.24, 2.45) is 0 Å². The molecular weight excluding hydrogens is 465 g/mol. The van der Waals surface area contributed by atoms with Crippen molar-refractivity contribution in [3.63, 3.8) is 0 Å². The van der Waals surface area contributed by atoms with E-state index in [2.05, 4.69) is 10.3 Å². The summed E-state index contributed by atoms with van der Waals surface area (Å²) in [5.41, 5.74) is 0.0226. The summed E-state index contributed by atoms with van der Waals surface area (Å²) in [4.78, 5) is 30.1. The van der Waals surface area contributed by atoms with Crippen molar-refractivity contribution in [3.05, 3.63) is 57.0 Å². The first-order chi connectivity index (χ1) is 16.3. The standard InChI is InChI=1S/C22H28FN5O5S/c1-14-12-15(5-6-16(14)23)13-24-21(30)18-19(29)22(31)28-7-3-4-17(20(28)25-18)26(2)34(32)27-8-10-33-11-9-27/h5-6,12,17,29H,3-4,7-11,13H2,1-2H3,(H,24,30). The van der Waals surface area contributed by atoms with Gasteiger partial charge in [-0.05, 0) is 37.0 Å². The van der Waals surface area contributed by atoms with Gasteiger partial charge >= 0.3 is 0 Å². The molecule has 2 atom stereocenters. The maximum atomic E-state index is 13.5. The third-order valence-corrected chi connectivity index (χ3v) is 7.65. The Balaban J connectivity index is 1.58. The fraction of sp³-hybridized carbons (Fsp3) is 0.500. The highest BCUT2D eigenvalue weighted by molar-refractivity contribution is 7.80. The Hall–Kier alpha value is -2.67. The molecule has 2 aliphatic heterocycles. The van der Waals surface area contributed by atoms with E-state index < -0.39 is 34.4 Å². The molecule has 0 bridgehead atoms. The number of hydrogen-bond donors (Lipinski definition) is 2. The molecule has 0 radical (unpaired) electrons. The van der Waals surface area contributed by atoms with Gasteiger partial charge in [-0.2, -0.15) is 0 Å². The van der Waals surface area contributed by atoms with Crippen LogP contribution in [-0.2, 0) is 29.0 Å². The van der Waals surface area contributed by atoms with E-state index in [0.29, 0.717) is 62.6 Å². The molecule has 12 heteroatoms. The molecule has 4 rings (SSSR count). The third-order valence-electron chi connectivity index (χ3n) is 6.10. The average Bonchev–Trinajstić information content (AvgIpc) is 2.86. The van der Waals surface area contributed by atoms with E-state index in [0.717, 1.165) is 0 Å². The first kappa shape index (κ1) is 24.5. The van der Waals surface area contributed by atoms with Gasteiger partial charge in [0.2, 0.25) is 5.75 Å². The molecule has 3 heterocycles. The smallest absolute Gasteiger partial charge is 0.296 e. The first-order valence-electron chi connectivity index (χ1n) is 11.1. The number of amides is 1. The predicted molar refractivity (Wildman–Crippen MR) is 123 cm³/mol. The second-order valence-electron chi connectivity index (χ2n) is 8.37. The molecule has 0 saturated carbocycles. The quantitative estimate of drug-likeness (QED) is 0.620. The zero-order valence-electron chi connectivity index (χ0n) is 19.1. The topological polar surface area (TPSA) is 117 Å². The fourth-order valence-corrected chi connectivity index (χ4v) is 5.43. The van der Waals surface area contributed by atoms with Gasteiger partial charge < -0.3 is 15.2 Å². The maximum Gasteiger partial charge on any atom is 0.296 e. The first-order valence-corrected chi connectivity index (χ1v) is 12.2. The molecule has 34 heavy (non-hydrogen) atoms. The average molecular weight is 494 g/mol. The number of carbonyl (C=O) groups is 1. The summed E-state index contributed by atoms with van der Waals surface area (Å²) in [5.74, 6) is -1.50. The minimum absolute atomic E-state index is 0.0733. The molecule has 0 spiro atoms. The van der Waals surface area contributed by atoms with E-state index >= 15 is 0 Å². The number of halogens is 1. The van der Waals surface area contributed by atoms with E-state index in [9.17, 15) is 23.3 Å². The van der Waals surface area contributed by atoms with E-state index in [-0.39, 0.29) is 18.1 Å². The van der Waals surface area contributed by atoms with Crippen molar-refractivity contribution >= 4 is 17.1 Å². The lowest BCUT2D eigenvalue weighted by molar-refractivity contribution is 0.0724. The summed E-state index contributed by atoms with van der Waals surface area (Å²) < 4.78 is 36.7. The molecule has 2 aromatic rings. The van der Waals surface area contributed by atoms with Crippen molar-refractivity contribution < 1.29 is 23.2 Å². The van der Waals surface area contributed by atoms with Gasteiger partial charge in [0.05, 0.1) is 19.3 Å². The Bertz CT molecular complexity index is 1170. The number of rotatable bonds is 6. The Morgan fingerprint density at radius 2 is 2.09 bits per heavy atom. The van der Waals surface area contributed by atoms with Gasteiger partial charge in [-0.15, -0.1) is 0 Å². The van der Waals surface area contributed by atoms with Crippen LogP contribution >= 0.6 is 0 Å². The summed E-state index contributed by atoms with van der Waals surface area (Å²) in [7, 11) is 1.70. The van der Waals surface area contributed by atoms with Gasteiger partial charge in [-0.25, -0.2) is 22.2 Å². The number of fused-ring (bicyclic) bond motifs is 1. The molecule has 2 unspecified atom stereocenters. The van der Waals surface area contributed by atoms with Crippen LogP contribution in [0.25, 0.3) is 0 Å². The lowest BCUT2D eigenvalue weighted by Gasteiger charge is -2.35. The SMILES string of the molecule is Cc1cc(CNC(=O)c2nc3n(c(=O)c2O)CCCC3N(C)S(=O)N2CCOCC2)ccc1F. The monoisotopic (exact) mass is 493 g/mol. The highest BCUT2D eigenvalue weighted by Crippen LogP contribution is 2.30. The van der Waals surface area contributed by atoms with Crippen LogP contribution in [0.5, 0.6) is 5.75 Å². The molecular formula is C22H28FN5O5S. The Morgan fingerprint density at radius 3 is 2.79 bits per heavy atom. The van der Waals surface area contributed by atoms with Gasteiger partial charge in [-0.1, -0.05) is 12.1 Å². The lowest BCUT2D eigenvalue weighted by atomic mass is 10.1. The number of benzene rings is 1. The van der Waals surface area contributed by atoms with Crippen LogP contribution in [0.15, 0.2) is 23.0 Å². The lowest BCUT2D eigenvalue weighted by Crippen LogP contribution is -2.46. The van der Waals surface area contributed by atoms with Gasteiger partial charge in [0.25, 0.3) is 11.5 Å². The number of nitrogens with one attached hydrogen (secondary N) is 1. The molecule has 1 fully saturated rings. The van der Waals surface area contributed by atoms with Crippen molar-refractivity contribution in [1.29, 1.82) is 0 Å². The normalized spacial score (nSPS) is 19.6. The van der Waals surface area contributed by atoms with Crippen molar-refractivity contribution in [2.75, 3.05) is 33.4 Å². The maximum absolute atomic E-state index is 13.5. The molecule has 1 aromatic carbocycles. The number of ether oxygens (including phenoxy) is 1. The number of aromatic hydroxyl groups is 1. The van der Waals surface area contributed by atoms with Crippen molar-refractivity contribution in [1.82, 2.24) is 23.5 Å². The van der Waals surface area contributed by atoms with Crippen LogP contribution in [-0.4, -0.2) is 66.7 Å². The van der Waals surface area contributed by atoms with Gasteiger partial charge in [0.15, 0.2) is 16.9 Å². The zero-order valence-corrected chi connectivity index (χ0v) is 19.9. The molecule has 1 amide bonds. The Morgan fingerprint density at radius 1 is 1.35 bits per heavy atom. The number of aryl methyl sites for hydroxylation is 1. The fourth-order valence-electron chi connectivity index (χ4n) is 4.18. The Kier molecular flexibility index (Phi) is 7.41. The number of hydrogen-bond acceptors (Lipinski definition) is 6. The van der Waals surface area contributed by atoms with Crippen LogP contribution in [0, 0.1) is 12.7 Å². The largest absolute Gasteiger partial charge is 0.501 e. The van der Waals surface area contributed by atoms with E-state index in [1.165, 1.54) is 10.6 Å². The van der Waals surface area contributed by atoms with Crippen LogP contribution in [0.1, 0.15) is 46.3 Å². The van der Waals surface area contributed by atoms with Gasteiger partial charge in [0, 0.05) is 33.2 Å². The molecule has 2 aliphatic rings. The van der Waals surface area contributed by atoms with Crippen LogP contribution in [0.4, 0.5) is 4.39 Å². The molecule has 0 aliphatic carbocycles. The summed E-state index contributed by atoms with van der Waals surface area (Å²) in [5, 5.41) is 13.1. The third kappa shape index (κ3) is 4.90. The molecule has 1 aromatic heterocycles. The minimum atomic E-state index is -1.48. The summed E-state index contributed by atoms with van der Waals surface area (Å²) >= 11 is -1.48. The minimum Gasteiger partial charge on any atom is -0.501 e. The molecule has 184 valence electrons. The van der Waals surface area contributed by atoms with Crippen molar-refractivity contribution in [3.8, 4) is 5.75 Å². The van der Waals surface area contributed by atoms with E-state index in [1.807, 2.05) is 0 Å². The summed E-state index contributed by atoms with van der Waals surface area (Å²) in [6, 6.07) is 3.99. The highest BCUT2D eigenvalue weighted by Gasteiger charge is 2.34. The van der Waals surface area contributed by atoms with Crippen LogP contribution < -0.4 is 10.9 Å². The number of carbonyl (C=O) groups excluding carboxylic acids is 1. The molecule has 2 N–H and O–H groups in total. The Labute approximate surface area is 199 Å². The summed E-state index contributed by atoms with van der Waals surface area (Å²) in [6.07, 6.45) is 1.23. The predicted octanol–water partition coefficient (Wildman–Crippen LogP) is 1.00. The number of aromatic nitrogens is 2. The molecule has 1 saturated heterocycles. The molecule has 10 nitrogen and oxygen atoms in total. The van der Waals surface area contributed by atoms with Gasteiger partial charge in [-0.3, -0.25) is 14.2 Å². The second-order valence-corrected chi connectivity index (χ2v) is 9.92. The second kappa shape index (κ2) is 10.3. The van der Waals surface area contributed by atoms with Crippen LogP contribution in [0.2, 0.25) is 0 Å². The van der Waals surface area contributed by atoms with E-state index in [4.69, 9.17) is 4.74 Å².